The molecule has 0 unspecified atom stereocenters. The average molecular weight is 231 g/mol. The molecule has 90 valence electrons. The van der Waals surface area contributed by atoms with Crippen LogP contribution >= 0.6 is 0 Å². The number of methoxy groups -OCH3 is 1. The fraction of sp³-hybridized carbons (Fsp3) is 0.308. The van der Waals surface area contributed by atoms with Crippen molar-refractivity contribution in [3.05, 3.63) is 29.3 Å². The molecule has 1 aromatic carbocycles. The van der Waals surface area contributed by atoms with E-state index in [1.54, 1.807) is 7.11 Å². The molecule has 0 aliphatic heterocycles. The smallest absolute Gasteiger partial charge is 0.148 e. The molecular formula is C13H17N3O. The lowest BCUT2D eigenvalue weighted by atomic mass is 10.0. The molecule has 0 aliphatic rings. The van der Waals surface area contributed by atoms with Gasteiger partial charge in [-0.15, -0.1) is 0 Å². The van der Waals surface area contributed by atoms with Crippen molar-refractivity contribution in [2.24, 2.45) is 0 Å². The lowest BCUT2D eigenvalue weighted by molar-refractivity contribution is 0.411. The number of aromatic nitrogens is 2. The number of H-pyrrole nitrogens is 1. The van der Waals surface area contributed by atoms with Crippen molar-refractivity contribution in [3.63, 3.8) is 0 Å². The number of nitrogens with zero attached hydrogens (tertiary/aromatic N) is 1. The monoisotopic (exact) mass is 231 g/mol. The van der Waals surface area contributed by atoms with Crippen LogP contribution in [0.25, 0.3) is 11.3 Å². The number of rotatable bonds is 3. The third kappa shape index (κ3) is 2.11. The predicted molar refractivity (Wildman–Crippen MR) is 69.6 cm³/mol. The van der Waals surface area contributed by atoms with Crippen LogP contribution in [0, 0.1) is 13.8 Å². The van der Waals surface area contributed by atoms with Crippen LogP contribution in [-0.2, 0) is 0 Å². The summed E-state index contributed by atoms with van der Waals surface area (Å²) in [7, 11) is 3.54. The minimum Gasteiger partial charge on any atom is -0.496 e. The zero-order valence-corrected chi connectivity index (χ0v) is 10.6. The van der Waals surface area contributed by atoms with Gasteiger partial charge in [-0.3, -0.25) is 5.10 Å². The SMILES string of the molecule is CNc1cc(-c2cc(C)c(OC)cc2C)[nH]n1. The van der Waals surface area contributed by atoms with Gasteiger partial charge in [0.2, 0.25) is 0 Å². The van der Waals surface area contributed by atoms with Crippen molar-refractivity contribution < 1.29 is 4.74 Å². The summed E-state index contributed by atoms with van der Waals surface area (Å²) in [5.74, 6) is 1.76. The maximum atomic E-state index is 5.30. The quantitative estimate of drug-likeness (QED) is 0.854. The highest BCUT2D eigenvalue weighted by atomic mass is 16.5. The molecule has 0 bridgehead atoms. The molecule has 4 heteroatoms. The number of hydrogen-bond acceptors (Lipinski definition) is 3. The maximum Gasteiger partial charge on any atom is 0.148 e. The van der Waals surface area contributed by atoms with Gasteiger partial charge in [0.05, 0.1) is 12.8 Å². The minimum atomic E-state index is 0.841. The van der Waals surface area contributed by atoms with E-state index in [4.69, 9.17) is 4.74 Å². The number of benzene rings is 1. The molecule has 2 rings (SSSR count). The maximum absolute atomic E-state index is 5.30. The summed E-state index contributed by atoms with van der Waals surface area (Å²) in [6, 6.07) is 6.15. The van der Waals surface area contributed by atoms with E-state index in [1.165, 1.54) is 5.56 Å². The topological polar surface area (TPSA) is 49.9 Å². The van der Waals surface area contributed by atoms with E-state index in [0.717, 1.165) is 28.4 Å². The van der Waals surface area contributed by atoms with Crippen LogP contribution in [0.3, 0.4) is 0 Å². The molecule has 0 radical (unpaired) electrons. The van der Waals surface area contributed by atoms with Gasteiger partial charge in [0.25, 0.3) is 0 Å². The van der Waals surface area contributed by atoms with E-state index >= 15 is 0 Å². The number of anilines is 1. The Morgan fingerprint density at radius 2 is 1.94 bits per heavy atom. The van der Waals surface area contributed by atoms with Gasteiger partial charge in [0.15, 0.2) is 0 Å². The highest BCUT2D eigenvalue weighted by molar-refractivity contribution is 5.68. The van der Waals surface area contributed by atoms with Crippen LogP contribution in [0.15, 0.2) is 18.2 Å². The van der Waals surface area contributed by atoms with Gasteiger partial charge in [-0.05, 0) is 37.1 Å². The minimum absolute atomic E-state index is 0.841. The standard InChI is InChI=1S/C13H17N3O/c1-8-6-12(17-4)9(2)5-10(8)11-7-13(14-3)16-15-11/h5-7H,1-4H3,(H2,14,15,16). The summed E-state index contributed by atoms with van der Waals surface area (Å²) < 4.78 is 5.30. The van der Waals surface area contributed by atoms with Crippen LogP contribution < -0.4 is 10.1 Å². The summed E-state index contributed by atoms with van der Waals surface area (Å²) >= 11 is 0. The van der Waals surface area contributed by atoms with Crippen molar-refractivity contribution >= 4 is 5.82 Å². The van der Waals surface area contributed by atoms with Crippen LogP contribution in [0.2, 0.25) is 0 Å². The van der Waals surface area contributed by atoms with Crippen molar-refractivity contribution in [1.29, 1.82) is 0 Å². The summed E-state index contributed by atoms with van der Waals surface area (Å²) in [5, 5.41) is 10.2. The Kier molecular flexibility index (Phi) is 3.04. The van der Waals surface area contributed by atoms with Crippen molar-refractivity contribution in [2.75, 3.05) is 19.5 Å². The van der Waals surface area contributed by atoms with Crippen LogP contribution in [-0.4, -0.2) is 24.4 Å². The second kappa shape index (κ2) is 4.49. The Morgan fingerprint density at radius 1 is 1.18 bits per heavy atom. The van der Waals surface area contributed by atoms with Crippen molar-refractivity contribution in [1.82, 2.24) is 10.2 Å². The summed E-state index contributed by atoms with van der Waals surface area (Å²) in [5.41, 5.74) is 4.45. The number of ether oxygens (including phenoxy) is 1. The molecule has 2 aromatic rings. The highest BCUT2D eigenvalue weighted by Crippen LogP contribution is 2.29. The van der Waals surface area contributed by atoms with E-state index < -0.39 is 0 Å². The molecule has 0 amide bonds. The van der Waals surface area contributed by atoms with Crippen LogP contribution in [0.4, 0.5) is 5.82 Å². The third-order valence-electron chi connectivity index (χ3n) is 2.87. The summed E-state index contributed by atoms with van der Waals surface area (Å²) in [6.45, 7) is 4.11. The molecular weight excluding hydrogens is 214 g/mol. The predicted octanol–water partition coefficient (Wildman–Crippen LogP) is 2.74. The second-order valence-corrected chi connectivity index (χ2v) is 4.05. The largest absolute Gasteiger partial charge is 0.496 e. The van der Waals surface area contributed by atoms with Gasteiger partial charge < -0.3 is 10.1 Å². The molecule has 1 heterocycles. The first-order chi connectivity index (χ1) is 8.15. The Labute approximate surface area is 101 Å². The highest BCUT2D eigenvalue weighted by Gasteiger charge is 2.09. The van der Waals surface area contributed by atoms with Crippen molar-refractivity contribution in [3.8, 4) is 17.0 Å². The lowest BCUT2D eigenvalue weighted by Crippen LogP contribution is -1.91. The van der Waals surface area contributed by atoms with Gasteiger partial charge in [-0.1, -0.05) is 0 Å². The summed E-state index contributed by atoms with van der Waals surface area (Å²) in [4.78, 5) is 0. The zero-order chi connectivity index (χ0) is 12.4. The van der Waals surface area contributed by atoms with Crippen LogP contribution in [0.1, 0.15) is 11.1 Å². The Balaban J connectivity index is 2.48. The summed E-state index contributed by atoms with van der Waals surface area (Å²) in [6.07, 6.45) is 0. The zero-order valence-electron chi connectivity index (χ0n) is 10.6. The van der Waals surface area contributed by atoms with E-state index in [2.05, 4.69) is 28.5 Å². The van der Waals surface area contributed by atoms with Gasteiger partial charge in [0.1, 0.15) is 11.6 Å². The second-order valence-electron chi connectivity index (χ2n) is 4.05. The van der Waals surface area contributed by atoms with Gasteiger partial charge in [0, 0.05) is 18.7 Å². The molecule has 1 aromatic heterocycles. The molecule has 2 N–H and O–H groups in total. The number of hydrogen-bond donors (Lipinski definition) is 2. The Morgan fingerprint density at radius 3 is 2.53 bits per heavy atom. The van der Waals surface area contributed by atoms with E-state index in [0.29, 0.717) is 0 Å². The molecule has 0 saturated heterocycles. The first-order valence-corrected chi connectivity index (χ1v) is 5.54. The van der Waals surface area contributed by atoms with Crippen molar-refractivity contribution in [2.45, 2.75) is 13.8 Å². The average Bonchev–Trinajstić information content (AvgIpc) is 2.80. The Bertz CT molecular complexity index is 531. The first kappa shape index (κ1) is 11.5. The third-order valence-corrected chi connectivity index (χ3v) is 2.87. The first-order valence-electron chi connectivity index (χ1n) is 5.54. The molecule has 0 spiro atoms. The number of aryl methyl sites for hydroxylation is 2. The molecule has 0 aliphatic carbocycles. The number of aromatic amines is 1. The normalized spacial score (nSPS) is 10.4. The molecule has 0 saturated carbocycles. The Hall–Kier alpha value is -1.97. The van der Waals surface area contributed by atoms with Gasteiger partial charge >= 0.3 is 0 Å². The van der Waals surface area contributed by atoms with Crippen LogP contribution in [0.5, 0.6) is 5.75 Å². The molecule has 17 heavy (non-hydrogen) atoms. The van der Waals surface area contributed by atoms with Gasteiger partial charge in [-0.25, -0.2) is 0 Å². The van der Waals surface area contributed by atoms with E-state index in [-0.39, 0.29) is 0 Å². The van der Waals surface area contributed by atoms with E-state index in [9.17, 15) is 0 Å². The fourth-order valence-corrected chi connectivity index (χ4v) is 1.89. The molecule has 0 atom stereocenters. The lowest BCUT2D eigenvalue weighted by Gasteiger charge is -2.09. The van der Waals surface area contributed by atoms with E-state index in [1.807, 2.05) is 26.1 Å². The molecule has 4 nitrogen and oxygen atoms in total. The number of nitrogens with one attached hydrogen (secondary N) is 2. The van der Waals surface area contributed by atoms with Gasteiger partial charge in [-0.2, -0.15) is 5.10 Å². The fourth-order valence-electron chi connectivity index (χ4n) is 1.89. The molecule has 0 fully saturated rings.